The van der Waals surface area contributed by atoms with Gasteiger partial charge in [0.1, 0.15) is 5.00 Å². The summed E-state index contributed by atoms with van der Waals surface area (Å²) < 4.78 is 21.4. The molecule has 0 aromatic carbocycles. The van der Waals surface area contributed by atoms with Crippen LogP contribution < -0.4 is 4.90 Å². The van der Waals surface area contributed by atoms with Crippen LogP contribution in [0.25, 0.3) is 0 Å². The molecule has 6 heteroatoms. The largest absolute Gasteiger partial charge is 0.772 e. The van der Waals surface area contributed by atoms with Crippen LogP contribution >= 0.6 is 11.3 Å². The first kappa shape index (κ1) is 10.1. The van der Waals surface area contributed by atoms with Crippen LogP contribution in [0.3, 0.4) is 0 Å². The van der Waals surface area contributed by atoms with Crippen LogP contribution in [-0.2, 0) is 11.1 Å². The lowest BCUT2D eigenvalue weighted by molar-refractivity contribution is 0.492. The summed E-state index contributed by atoms with van der Waals surface area (Å²) in [7, 11) is 0. The molecule has 1 unspecified atom stereocenters. The molecule has 1 aromatic rings. The fourth-order valence-corrected chi connectivity index (χ4v) is 2.91. The smallest absolute Gasteiger partial charge is 0.111 e. The molecule has 0 amide bonds. The van der Waals surface area contributed by atoms with Gasteiger partial charge in [-0.1, -0.05) is 11.1 Å². The van der Waals surface area contributed by atoms with Crippen LogP contribution in [-0.4, -0.2) is 32.1 Å². The summed E-state index contributed by atoms with van der Waals surface area (Å²) in [6, 6.07) is 0. The molecule has 0 radical (unpaired) electrons. The summed E-state index contributed by atoms with van der Waals surface area (Å²) in [6.45, 7) is 1.64. The Labute approximate surface area is 89.2 Å². The van der Waals surface area contributed by atoms with E-state index < -0.39 is 11.1 Å². The van der Waals surface area contributed by atoms with E-state index in [4.69, 9.17) is 0 Å². The normalized spacial score (nSPS) is 21.1. The Morgan fingerprint density at radius 3 is 2.79 bits per heavy atom. The maximum absolute atomic E-state index is 10.7. The van der Waals surface area contributed by atoms with E-state index in [1.807, 2.05) is 6.20 Å². The van der Waals surface area contributed by atoms with Crippen molar-refractivity contribution < 1.29 is 8.76 Å². The Morgan fingerprint density at radius 2 is 2.29 bits per heavy atom. The number of anilines is 1. The molecule has 78 valence electrons. The second-order valence-corrected chi connectivity index (χ2v) is 5.34. The number of nitrogens with zero attached hydrogens (tertiary/aromatic N) is 2. The zero-order chi connectivity index (χ0) is 9.97. The van der Waals surface area contributed by atoms with Gasteiger partial charge >= 0.3 is 0 Å². The van der Waals surface area contributed by atoms with Gasteiger partial charge in [-0.15, -0.1) is 11.3 Å². The van der Waals surface area contributed by atoms with Crippen molar-refractivity contribution in [1.29, 1.82) is 0 Å². The summed E-state index contributed by atoms with van der Waals surface area (Å²) in [4.78, 5) is 6.20. The third-order valence-corrected chi connectivity index (χ3v) is 4.29. The first-order valence-electron chi connectivity index (χ1n) is 4.49. The molecule has 0 saturated carbocycles. The Bertz CT molecular complexity index is 307. The molecule has 0 bridgehead atoms. The highest BCUT2D eigenvalue weighted by Gasteiger charge is 2.20. The molecule has 1 atom stereocenters. The predicted molar refractivity (Wildman–Crippen MR) is 56.3 cm³/mol. The highest BCUT2D eigenvalue weighted by atomic mass is 32.2. The number of rotatable bonds is 2. The minimum Gasteiger partial charge on any atom is -0.772 e. The second kappa shape index (κ2) is 4.37. The van der Waals surface area contributed by atoms with Crippen molar-refractivity contribution in [2.24, 2.45) is 0 Å². The van der Waals surface area contributed by atoms with Crippen molar-refractivity contribution in [1.82, 2.24) is 4.98 Å². The number of aromatic nitrogens is 1. The Balaban J connectivity index is 1.93. The second-order valence-electron chi connectivity index (χ2n) is 3.29. The maximum Gasteiger partial charge on any atom is 0.111 e. The van der Waals surface area contributed by atoms with E-state index in [1.165, 1.54) is 0 Å². The lowest BCUT2D eigenvalue weighted by Gasteiger charge is -2.33. The molecule has 2 rings (SSSR count). The van der Waals surface area contributed by atoms with Crippen LogP contribution in [0.4, 0.5) is 5.00 Å². The molecule has 1 aliphatic heterocycles. The van der Waals surface area contributed by atoms with Gasteiger partial charge in [0, 0.05) is 18.3 Å². The zero-order valence-corrected chi connectivity index (χ0v) is 9.22. The van der Waals surface area contributed by atoms with E-state index in [1.54, 1.807) is 16.8 Å². The predicted octanol–water partition coefficient (Wildman–Crippen LogP) is 0.991. The van der Waals surface area contributed by atoms with Crippen LogP contribution in [0.1, 0.15) is 12.8 Å². The maximum atomic E-state index is 10.7. The van der Waals surface area contributed by atoms with Crippen molar-refractivity contribution >= 4 is 27.4 Å². The lowest BCUT2D eigenvalue weighted by atomic mass is 10.1. The van der Waals surface area contributed by atoms with Gasteiger partial charge in [0.2, 0.25) is 0 Å². The molecule has 4 nitrogen and oxygen atoms in total. The fraction of sp³-hybridized carbons (Fsp3) is 0.625. The molecule has 0 N–H and O–H groups in total. The lowest BCUT2D eigenvalue weighted by Crippen LogP contribution is -2.37. The molecule has 1 aliphatic rings. The van der Waals surface area contributed by atoms with Gasteiger partial charge in [-0.25, -0.2) is 0 Å². The van der Waals surface area contributed by atoms with E-state index in [0.29, 0.717) is 0 Å². The van der Waals surface area contributed by atoms with Gasteiger partial charge in [-0.2, -0.15) is 0 Å². The van der Waals surface area contributed by atoms with Crippen LogP contribution in [0.2, 0.25) is 0 Å². The number of hydrogen-bond acceptors (Lipinski definition) is 5. The van der Waals surface area contributed by atoms with Crippen molar-refractivity contribution in [3.05, 3.63) is 11.7 Å². The highest BCUT2D eigenvalue weighted by Crippen LogP contribution is 2.24. The highest BCUT2D eigenvalue weighted by molar-refractivity contribution is 7.79. The summed E-state index contributed by atoms with van der Waals surface area (Å²) in [6.07, 6.45) is 3.29. The molecule has 2 heterocycles. The molecule has 1 saturated heterocycles. The van der Waals surface area contributed by atoms with Crippen LogP contribution in [0, 0.1) is 0 Å². The molecule has 1 aromatic heterocycles. The number of hydrogen-bond donors (Lipinski definition) is 0. The summed E-state index contributed by atoms with van der Waals surface area (Å²) in [5, 5.41) is 0.985. The fourth-order valence-electron chi connectivity index (χ4n) is 1.63. The molecule has 0 aliphatic carbocycles. The topological polar surface area (TPSA) is 56.3 Å². The van der Waals surface area contributed by atoms with E-state index in [0.717, 1.165) is 30.9 Å². The molecule has 14 heavy (non-hydrogen) atoms. The van der Waals surface area contributed by atoms with Gasteiger partial charge in [0.05, 0.1) is 11.7 Å². The van der Waals surface area contributed by atoms with E-state index >= 15 is 0 Å². The van der Waals surface area contributed by atoms with Crippen molar-refractivity contribution in [2.75, 3.05) is 18.0 Å². The van der Waals surface area contributed by atoms with E-state index in [-0.39, 0.29) is 5.25 Å². The molecule has 1 fully saturated rings. The minimum atomic E-state index is -1.90. The standard InChI is InChI=1S/C8H12N2O2S2/c11-14(12)7-1-3-10(4-2-7)8-5-9-6-13-8/h5-7H,1-4H2,(H,11,12)/p-1. The first-order valence-corrected chi connectivity index (χ1v) is 6.50. The monoisotopic (exact) mass is 231 g/mol. The quantitative estimate of drug-likeness (QED) is 0.712. The third kappa shape index (κ3) is 2.13. The first-order chi connectivity index (χ1) is 6.77. The van der Waals surface area contributed by atoms with Gasteiger partial charge in [0.25, 0.3) is 0 Å². The van der Waals surface area contributed by atoms with Gasteiger partial charge in [-0.3, -0.25) is 9.19 Å². The van der Waals surface area contributed by atoms with Crippen molar-refractivity contribution in [3.63, 3.8) is 0 Å². The Kier molecular flexibility index (Phi) is 3.15. The van der Waals surface area contributed by atoms with Gasteiger partial charge in [0.15, 0.2) is 0 Å². The molecular formula is C8H11N2O2S2-. The molecule has 0 spiro atoms. The van der Waals surface area contributed by atoms with E-state index in [2.05, 4.69) is 9.88 Å². The molecular weight excluding hydrogens is 220 g/mol. The minimum absolute atomic E-state index is 0.154. The average Bonchev–Trinajstić information content (AvgIpc) is 2.71. The summed E-state index contributed by atoms with van der Waals surface area (Å²) in [5.74, 6) is 0. The number of piperidine rings is 1. The van der Waals surface area contributed by atoms with E-state index in [9.17, 15) is 8.76 Å². The SMILES string of the molecule is O=S([O-])C1CCN(c2cncs2)CC1. The van der Waals surface area contributed by atoms with Crippen LogP contribution in [0.5, 0.6) is 0 Å². The summed E-state index contributed by atoms with van der Waals surface area (Å²) in [5.41, 5.74) is 1.80. The Morgan fingerprint density at radius 1 is 1.57 bits per heavy atom. The van der Waals surface area contributed by atoms with Gasteiger partial charge < -0.3 is 9.45 Å². The van der Waals surface area contributed by atoms with Gasteiger partial charge in [-0.05, 0) is 12.8 Å². The van der Waals surface area contributed by atoms with Crippen molar-refractivity contribution in [3.8, 4) is 0 Å². The average molecular weight is 231 g/mol. The number of thiazole rings is 1. The summed E-state index contributed by atoms with van der Waals surface area (Å²) >= 11 is -0.303. The van der Waals surface area contributed by atoms with Crippen molar-refractivity contribution in [2.45, 2.75) is 18.1 Å². The zero-order valence-electron chi connectivity index (χ0n) is 7.59. The third-order valence-electron chi connectivity index (χ3n) is 2.45. The van der Waals surface area contributed by atoms with Crippen LogP contribution in [0.15, 0.2) is 11.7 Å². The Hall–Kier alpha value is -0.460.